The molecule has 0 radical (unpaired) electrons. The van der Waals surface area contributed by atoms with Gasteiger partial charge in [-0.25, -0.2) is 8.42 Å². The summed E-state index contributed by atoms with van der Waals surface area (Å²) in [5.74, 6) is -2.00. The summed E-state index contributed by atoms with van der Waals surface area (Å²) >= 11 is 0. The summed E-state index contributed by atoms with van der Waals surface area (Å²) in [6.07, 6.45) is 0.916. The van der Waals surface area contributed by atoms with E-state index in [2.05, 4.69) is 5.32 Å². The third-order valence-corrected chi connectivity index (χ3v) is 6.17. The highest BCUT2D eigenvalue weighted by Gasteiger charge is 2.33. The molecule has 1 amide bonds. The second kappa shape index (κ2) is 8.41. The van der Waals surface area contributed by atoms with E-state index in [1.54, 1.807) is 0 Å². The Bertz CT molecular complexity index is 788. The van der Waals surface area contributed by atoms with Crippen LogP contribution in [0.4, 0.5) is 0 Å². The first-order valence-electron chi connectivity index (χ1n) is 8.32. The largest absolute Gasteiger partial charge is 0.481 e. The summed E-state index contributed by atoms with van der Waals surface area (Å²) < 4.78 is 26.8. The molecule has 2 rings (SSSR count). The monoisotopic (exact) mass is 382 g/mol. The van der Waals surface area contributed by atoms with Crippen molar-refractivity contribution in [2.45, 2.75) is 31.1 Å². The van der Waals surface area contributed by atoms with Crippen LogP contribution in [0.1, 0.15) is 36.5 Å². The molecule has 2 N–H and O–H groups in total. The number of hydrogen-bond acceptors (Lipinski definition) is 5. The Morgan fingerprint density at radius 1 is 1.23 bits per heavy atom. The first-order valence-corrected chi connectivity index (χ1v) is 9.76. The van der Waals surface area contributed by atoms with Gasteiger partial charge in [-0.3, -0.25) is 14.4 Å². The second-order valence-electron chi connectivity index (χ2n) is 6.22. The van der Waals surface area contributed by atoms with Crippen molar-refractivity contribution >= 4 is 27.7 Å². The van der Waals surface area contributed by atoms with E-state index in [9.17, 15) is 22.8 Å². The van der Waals surface area contributed by atoms with Gasteiger partial charge in [-0.05, 0) is 31.9 Å². The maximum Gasteiger partial charge on any atom is 0.305 e. The number of benzene rings is 1. The number of carbonyl (C=O) groups is 3. The highest BCUT2D eigenvalue weighted by molar-refractivity contribution is 7.89. The SMILES string of the molecule is CC(=O)c1ccc(S(=O)(=O)N2CCC[C@@H](C(=O)NCCC(=O)O)C2)cc1. The van der Waals surface area contributed by atoms with Crippen molar-refractivity contribution in [1.29, 1.82) is 0 Å². The van der Waals surface area contributed by atoms with Crippen LogP contribution < -0.4 is 5.32 Å². The van der Waals surface area contributed by atoms with Crippen molar-refractivity contribution in [1.82, 2.24) is 9.62 Å². The molecule has 142 valence electrons. The maximum atomic E-state index is 12.8. The number of piperidine rings is 1. The van der Waals surface area contributed by atoms with Gasteiger partial charge in [-0.1, -0.05) is 12.1 Å². The first-order chi connectivity index (χ1) is 12.2. The molecule has 1 aromatic carbocycles. The van der Waals surface area contributed by atoms with Gasteiger partial charge in [0.25, 0.3) is 0 Å². The van der Waals surface area contributed by atoms with E-state index in [1.165, 1.54) is 35.5 Å². The third-order valence-electron chi connectivity index (χ3n) is 4.29. The molecule has 0 aromatic heterocycles. The molecule has 1 aromatic rings. The highest BCUT2D eigenvalue weighted by atomic mass is 32.2. The van der Waals surface area contributed by atoms with Crippen LogP contribution in [0.15, 0.2) is 29.2 Å². The summed E-state index contributed by atoms with van der Waals surface area (Å²) in [6, 6.07) is 5.72. The average molecular weight is 382 g/mol. The van der Waals surface area contributed by atoms with Crippen LogP contribution in [0.3, 0.4) is 0 Å². The van der Waals surface area contributed by atoms with E-state index in [4.69, 9.17) is 5.11 Å². The summed E-state index contributed by atoms with van der Waals surface area (Å²) in [5.41, 5.74) is 0.429. The van der Waals surface area contributed by atoms with Gasteiger partial charge in [0.1, 0.15) is 0 Å². The van der Waals surface area contributed by atoms with Gasteiger partial charge < -0.3 is 10.4 Å². The van der Waals surface area contributed by atoms with E-state index < -0.39 is 21.9 Å². The molecule has 1 aliphatic heterocycles. The quantitative estimate of drug-likeness (QED) is 0.675. The Labute approximate surface area is 152 Å². The topological polar surface area (TPSA) is 121 Å². The first kappa shape index (κ1) is 20.1. The summed E-state index contributed by atoms with van der Waals surface area (Å²) in [7, 11) is -3.76. The van der Waals surface area contributed by atoms with Crippen molar-refractivity contribution in [2.75, 3.05) is 19.6 Å². The molecule has 0 bridgehead atoms. The van der Waals surface area contributed by atoms with Gasteiger partial charge in [0.2, 0.25) is 15.9 Å². The number of hydrogen-bond donors (Lipinski definition) is 2. The summed E-state index contributed by atoms with van der Waals surface area (Å²) in [6.45, 7) is 1.79. The van der Waals surface area contributed by atoms with Crippen LogP contribution in [0.5, 0.6) is 0 Å². The van der Waals surface area contributed by atoms with Crippen LogP contribution >= 0.6 is 0 Å². The van der Waals surface area contributed by atoms with Crippen LogP contribution in [0.2, 0.25) is 0 Å². The van der Waals surface area contributed by atoms with Gasteiger partial charge in [0, 0.05) is 25.2 Å². The van der Waals surface area contributed by atoms with Gasteiger partial charge in [0.05, 0.1) is 17.2 Å². The van der Waals surface area contributed by atoms with Gasteiger partial charge >= 0.3 is 5.97 Å². The number of amides is 1. The lowest BCUT2D eigenvalue weighted by molar-refractivity contribution is -0.137. The molecule has 1 fully saturated rings. The van der Waals surface area contributed by atoms with Crippen LogP contribution in [-0.2, 0) is 19.6 Å². The smallest absolute Gasteiger partial charge is 0.305 e. The van der Waals surface area contributed by atoms with Crippen molar-refractivity contribution < 1.29 is 27.9 Å². The van der Waals surface area contributed by atoms with E-state index >= 15 is 0 Å². The normalized spacial score (nSPS) is 18.3. The summed E-state index contributed by atoms with van der Waals surface area (Å²) in [4.78, 5) is 34.0. The number of Topliss-reactive ketones (excluding diaryl/α,β-unsaturated/α-hetero) is 1. The molecule has 9 heteroatoms. The fraction of sp³-hybridized carbons (Fsp3) is 0.471. The van der Waals surface area contributed by atoms with E-state index in [-0.39, 0.29) is 36.1 Å². The number of nitrogens with zero attached hydrogens (tertiary/aromatic N) is 1. The minimum atomic E-state index is -3.76. The molecule has 1 aliphatic rings. The highest BCUT2D eigenvalue weighted by Crippen LogP contribution is 2.24. The second-order valence-corrected chi connectivity index (χ2v) is 8.16. The molecular weight excluding hydrogens is 360 g/mol. The zero-order valence-electron chi connectivity index (χ0n) is 14.5. The number of carbonyl (C=O) groups excluding carboxylic acids is 2. The Kier molecular flexibility index (Phi) is 6.49. The molecule has 26 heavy (non-hydrogen) atoms. The van der Waals surface area contributed by atoms with Crippen LogP contribution in [-0.4, -0.2) is 55.1 Å². The number of sulfonamides is 1. The molecule has 0 saturated carbocycles. The lowest BCUT2D eigenvalue weighted by Gasteiger charge is -2.31. The Morgan fingerprint density at radius 3 is 2.46 bits per heavy atom. The van der Waals surface area contributed by atoms with Crippen molar-refractivity contribution in [2.24, 2.45) is 5.92 Å². The van der Waals surface area contributed by atoms with Gasteiger partial charge in [0.15, 0.2) is 5.78 Å². The van der Waals surface area contributed by atoms with E-state index in [0.29, 0.717) is 24.9 Å². The van der Waals surface area contributed by atoms with Crippen LogP contribution in [0, 0.1) is 5.92 Å². The van der Waals surface area contributed by atoms with Gasteiger partial charge in [-0.15, -0.1) is 0 Å². The lowest BCUT2D eigenvalue weighted by atomic mass is 9.99. The third kappa shape index (κ3) is 4.89. The lowest BCUT2D eigenvalue weighted by Crippen LogP contribution is -2.45. The fourth-order valence-corrected chi connectivity index (χ4v) is 4.35. The molecule has 0 aliphatic carbocycles. The fourth-order valence-electron chi connectivity index (χ4n) is 2.82. The minimum Gasteiger partial charge on any atom is -0.481 e. The van der Waals surface area contributed by atoms with Crippen molar-refractivity contribution in [3.05, 3.63) is 29.8 Å². The van der Waals surface area contributed by atoms with Crippen molar-refractivity contribution in [3.63, 3.8) is 0 Å². The number of carboxylic acid groups (broad SMARTS) is 1. The van der Waals surface area contributed by atoms with E-state index in [0.717, 1.165) is 0 Å². The standard InChI is InChI=1S/C17H22N2O6S/c1-12(20)13-4-6-15(7-5-13)26(24,25)19-10-2-3-14(11-19)17(23)18-9-8-16(21)22/h4-7,14H,2-3,8-11H2,1H3,(H,18,23)(H,21,22)/t14-/m1/s1. The van der Waals surface area contributed by atoms with Crippen molar-refractivity contribution in [3.8, 4) is 0 Å². The zero-order chi connectivity index (χ0) is 19.3. The molecule has 0 unspecified atom stereocenters. The molecule has 1 atom stereocenters. The van der Waals surface area contributed by atoms with E-state index in [1.807, 2.05) is 0 Å². The van der Waals surface area contributed by atoms with Gasteiger partial charge in [-0.2, -0.15) is 4.31 Å². The Morgan fingerprint density at radius 2 is 1.88 bits per heavy atom. The number of aliphatic carboxylic acids is 1. The average Bonchev–Trinajstić information content (AvgIpc) is 2.61. The number of carboxylic acids is 1. The minimum absolute atomic E-state index is 0.0178. The number of ketones is 1. The maximum absolute atomic E-state index is 12.8. The molecule has 1 heterocycles. The number of nitrogens with one attached hydrogen (secondary N) is 1. The summed E-state index contributed by atoms with van der Waals surface area (Å²) in [5, 5.41) is 11.1. The molecule has 1 saturated heterocycles. The zero-order valence-corrected chi connectivity index (χ0v) is 15.3. The number of rotatable bonds is 7. The predicted molar refractivity (Wildman–Crippen MR) is 93.2 cm³/mol. The Balaban J connectivity index is 2.06. The molecular formula is C17H22N2O6S. The molecule has 8 nitrogen and oxygen atoms in total. The predicted octanol–water partition coefficient (Wildman–Crippen LogP) is 0.881. The molecule has 0 spiro atoms. The van der Waals surface area contributed by atoms with Crippen LogP contribution in [0.25, 0.3) is 0 Å². The Hall–Kier alpha value is -2.26.